The molecule has 16 heavy (non-hydrogen) atoms. The molecular formula is C13H18FNO. The second-order valence-corrected chi connectivity index (χ2v) is 4.52. The Hall–Kier alpha value is -1.09. The molecule has 0 bridgehead atoms. The smallest absolute Gasteiger partial charge is 0.128 e. The van der Waals surface area contributed by atoms with Crippen molar-refractivity contribution >= 4 is 5.69 Å². The Morgan fingerprint density at radius 1 is 1.31 bits per heavy atom. The third kappa shape index (κ3) is 2.35. The predicted octanol–water partition coefficient (Wildman–Crippen LogP) is 2.85. The lowest BCUT2D eigenvalue weighted by Gasteiger charge is -2.29. The highest BCUT2D eigenvalue weighted by molar-refractivity contribution is 5.51. The summed E-state index contributed by atoms with van der Waals surface area (Å²) >= 11 is 0. The van der Waals surface area contributed by atoms with Crippen LogP contribution in [0, 0.1) is 12.7 Å². The molecule has 1 fully saturated rings. The zero-order chi connectivity index (χ0) is 11.5. The van der Waals surface area contributed by atoms with E-state index in [1.807, 2.05) is 6.07 Å². The highest BCUT2D eigenvalue weighted by atomic mass is 19.1. The molecule has 0 amide bonds. The van der Waals surface area contributed by atoms with Gasteiger partial charge in [-0.3, -0.25) is 0 Å². The van der Waals surface area contributed by atoms with Crippen LogP contribution in [0.25, 0.3) is 0 Å². The van der Waals surface area contributed by atoms with Crippen LogP contribution in [0.4, 0.5) is 10.1 Å². The SMILES string of the molecule is Cc1c(F)cccc1N[C@@H]1CCCC[C@H]1O. The number of benzene rings is 1. The summed E-state index contributed by atoms with van der Waals surface area (Å²) in [5, 5.41) is 13.1. The number of hydrogen-bond donors (Lipinski definition) is 2. The molecule has 2 atom stereocenters. The van der Waals surface area contributed by atoms with E-state index in [1.165, 1.54) is 6.07 Å². The minimum Gasteiger partial charge on any atom is -0.391 e. The van der Waals surface area contributed by atoms with Crippen LogP contribution >= 0.6 is 0 Å². The van der Waals surface area contributed by atoms with Gasteiger partial charge in [0.15, 0.2) is 0 Å². The molecule has 1 saturated carbocycles. The zero-order valence-corrected chi connectivity index (χ0v) is 9.54. The van der Waals surface area contributed by atoms with Gasteiger partial charge in [0.05, 0.1) is 12.1 Å². The van der Waals surface area contributed by atoms with E-state index < -0.39 is 0 Å². The fourth-order valence-corrected chi connectivity index (χ4v) is 2.24. The molecule has 0 radical (unpaired) electrons. The molecule has 0 unspecified atom stereocenters. The minimum atomic E-state index is -0.309. The first-order chi connectivity index (χ1) is 7.68. The van der Waals surface area contributed by atoms with Crippen LogP contribution < -0.4 is 5.32 Å². The number of aliphatic hydroxyl groups excluding tert-OH is 1. The number of aliphatic hydroxyl groups is 1. The monoisotopic (exact) mass is 223 g/mol. The van der Waals surface area contributed by atoms with Gasteiger partial charge in [0.1, 0.15) is 5.82 Å². The van der Waals surface area contributed by atoms with Gasteiger partial charge in [0.25, 0.3) is 0 Å². The molecule has 0 aromatic heterocycles. The van der Waals surface area contributed by atoms with Crippen LogP contribution in [-0.4, -0.2) is 17.3 Å². The predicted molar refractivity (Wildman–Crippen MR) is 63.0 cm³/mol. The standard InChI is InChI=1S/C13H18FNO/c1-9-10(14)5-4-7-11(9)15-12-6-2-3-8-13(12)16/h4-5,7,12-13,15-16H,2-3,6,8H2,1H3/t12-,13-/m1/s1. The third-order valence-electron chi connectivity index (χ3n) is 3.34. The van der Waals surface area contributed by atoms with Crippen LogP contribution in [0.15, 0.2) is 18.2 Å². The first-order valence-corrected chi connectivity index (χ1v) is 5.88. The lowest BCUT2D eigenvalue weighted by atomic mass is 9.92. The van der Waals surface area contributed by atoms with Crippen molar-refractivity contribution in [2.75, 3.05) is 5.32 Å². The average molecular weight is 223 g/mol. The molecule has 0 spiro atoms. The van der Waals surface area contributed by atoms with Crippen LogP contribution in [0.5, 0.6) is 0 Å². The molecule has 0 aliphatic heterocycles. The van der Waals surface area contributed by atoms with E-state index in [4.69, 9.17) is 0 Å². The van der Waals surface area contributed by atoms with Crippen LogP contribution in [0.2, 0.25) is 0 Å². The van der Waals surface area contributed by atoms with E-state index in [9.17, 15) is 9.50 Å². The first kappa shape index (κ1) is 11.4. The van der Waals surface area contributed by atoms with Gasteiger partial charge in [-0.2, -0.15) is 0 Å². The normalized spacial score (nSPS) is 25.4. The van der Waals surface area contributed by atoms with Crippen LogP contribution in [-0.2, 0) is 0 Å². The molecule has 1 aromatic carbocycles. The average Bonchev–Trinajstić information content (AvgIpc) is 2.28. The minimum absolute atomic E-state index is 0.0641. The maximum Gasteiger partial charge on any atom is 0.128 e. The van der Waals surface area contributed by atoms with Crippen molar-refractivity contribution in [2.24, 2.45) is 0 Å². The van der Waals surface area contributed by atoms with E-state index in [0.717, 1.165) is 31.4 Å². The summed E-state index contributed by atoms with van der Waals surface area (Å²) < 4.78 is 13.3. The summed E-state index contributed by atoms with van der Waals surface area (Å²) in [6, 6.07) is 5.08. The molecule has 1 aliphatic carbocycles. The Morgan fingerprint density at radius 3 is 2.81 bits per heavy atom. The Labute approximate surface area is 95.5 Å². The molecule has 1 aliphatic rings. The second-order valence-electron chi connectivity index (χ2n) is 4.52. The Morgan fingerprint density at radius 2 is 2.06 bits per heavy atom. The van der Waals surface area contributed by atoms with E-state index in [-0.39, 0.29) is 18.0 Å². The van der Waals surface area contributed by atoms with Crippen LogP contribution in [0.3, 0.4) is 0 Å². The van der Waals surface area contributed by atoms with Gasteiger partial charge in [0.2, 0.25) is 0 Å². The molecule has 88 valence electrons. The number of hydrogen-bond acceptors (Lipinski definition) is 2. The molecular weight excluding hydrogens is 205 g/mol. The van der Waals surface area contributed by atoms with Crippen molar-refractivity contribution in [1.29, 1.82) is 0 Å². The van der Waals surface area contributed by atoms with E-state index in [1.54, 1.807) is 13.0 Å². The fourth-order valence-electron chi connectivity index (χ4n) is 2.24. The van der Waals surface area contributed by atoms with Gasteiger partial charge in [-0.1, -0.05) is 18.9 Å². The van der Waals surface area contributed by atoms with Crippen molar-refractivity contribution in [3.05, 3.63) is 29.6 Å². The summed E-state index contributed by atoms with van der Waals surface area (Å²) in [5.41, 5.74) is 1.42. The van der Waals surface area contributed by atoms with Gasteiger partial charge in [-0.15, -0.1) is 0 Å². The molecule has 2 rings (SSSR count). The van der Waals surface area contributed by atoms with Crippen molar-refractivity contribution < 1.29 is 9.50 Å². The summed E-state index contributed by atoms with van der Waals surface area (Å²) in [6.45, 7) is 1.76. The van der Waals surface area contributed by atoms with Crippen molar-refractivity contribution in [1.82, 2.24) is 0 Å². The van der Waals surface area contributed by atoms with E-state index in [0.29, 0.717) is 5.56 Å². The van der Waals surface area contributed by atoms with Gasteiger partial charge >= 0.3 is 0 Å². The quantitative estimate of drug-likeness (QED) is 0.808. The number of rotatable bonds is 2. The molecule has 1 aromatic rings. The van der Waals surface area contributed by atoms with Crippen molar-refractivity contribution in [3.8, 4) is 0 Å². The number of nitrogens with one attached hydrogen (secondary N) is 1. The van der Waals surface area contributed by atoms with E-state index in [2.05, 4.69) is 5.32 Å². The summed E-state index contributed by atoms with van der Waals surface area (Å²) in [4.78, 5) is 0. The zero-order valence-electron chi connectivity index (χ0n) is 9.54. The molecule has 2 N–H and O–H groups in total. The van der Waals surface area contributed by atoms with E-state index >= 15 is 0 Å². The lowest BCUT2D eigenvalue weighted by molar-refractivity contribution is 0.116. The second kappa shape index (κ2) is 4.83. The third-order valence-corrected chi connectivity index (χ3v) is 3.34. The van der Waals surface area contributed by atoms with Gasteiger partial charge < -0.3 is 10.4 Å². The molecule has 0 saturated heterocycles. The summed E-state index contributed by atoms with van der Waals surface area (Å²) in [6.07, 6.45) is 3.70. The maximum absolute atomic E-state index is 13.3. The largest absolute Gasteiger partial charge is 0.391 e. The highest BCUT2D eigenvalue weighted by Crippen LogP contribution is 2.24. The Kier molecular flexibility index (Phi) is 3.44. The first-order valence-electron chi connectivity index (χ1n) is 5.88. The topological polar surface area (TPSA) is 32.3 Å². The van der Waals surface area contributed by atoms with Crippen LogP contribution in [0.1, 0.15) is 31.2 Å². The Balaban J connectivity index is 2.10. The number of halogens is 1. The molecule has 2 nitrogen and oxygen atoms in total. The molecule has 0 heterocycles. The van der Waals surface area contributed by atoms with Gasteiger partial charge in [0, 0.05) is 11.3 Å². The van der Waals surface area contributed by atoms with Gasteiger partial charge in [-0.05, 0) is 31.9 Å². The summed E-state index contributed by atoms with van der Waals surface area (Å²) in [5.74, 6) is -0.199. The lowest BCUT2D eigenvalue weighted by Crippen LogP contribution is -2.36. The Bertz CT molecular complexity index is 367. The fraction of sp³-hybridized carbons (Fsp3) is 0.538. The summed E-state index contributed by atoms with van der Waals surface area (Å²) in [7, 11) is 0. The van der Waals surface area contributed by atoms with Gasteiger partial charge in [-0.25, -0.2) is 4.39 Å². The number of anilines is 1. The molecule has 3 heteroatoms. The maximum atomic E-state index is 13.3. The highest BCUT2D eigenvalue weighted by Gasteiger charge is 2.23. The van der Waals surface area contributed by atoms with Crippen molar-refractivity contribution in [2.45, 2.75) is 44.8 Å². The van der Waals surface area contributed by atoms with Crippen molar-refractivity contribution in [3.63, 3.8) is 0 Å².